The summed E-state index contributed by atoms with van der Waals surface area (Å²) >= 11 is 0. The van der Waals surface area contributed by atoms with Crippen LogP contribution >= 0.6 is 0 Å². The lowest BCUT2D eigenvalue weighted by molar-refractivity contribution is -0.128. The van der Waals surface area contributed by atoms with Crippen LogP contribution in [0.1, 0.15) is 35.0 Å². The Bertz CT molecular complexity index is 834. The van der Waals surface area contributed by atoms with Gasteiger partial charge in [0.15, 0.2) is 0 Å². The zero-order valence-corrected chi connectivity index (χ0v) is 15.5. The normalized spacial score (nSPS) is 17.1. The van der Waals surface area contributed by atoms with E-state index in [4.69, 9.17) is 4.74 Å². The standard InChI is InChI=1S/C20H25N3O3/c1-4-14-5-6-18-16(10-14)17(9-13(2)21-18)20(25)22-15-11-19(24)23(12-15)7-8-26-3/h5-6,9-10,15H,4,7-8,11-12H2,1-3H3,(H,22,25)/t15-/m1/s1. The van der Waals surface area contributed by atoms with E-state index < -0.39 is 0 Å². The highest BCUT2D eigenvalue weighted by Crippen LogP contribution is 2.21. The van der Waals surface area contributed by atoms with Crippen molar-refractivity contribution in [2.24, 2.45) is 0 Å². The number of ether oxygens (including phenoxy) is 1. The number of hydrogen-bond acceptors (Lipinski definition) is 4. The molecule has 1 N–H and O–H groups in total. The van der Waals surface area contributed by atoms with E-state index >= 15 is 0 Å². The number of carbonyl (C=O) groups is 2. The topological polar surface area (TPSA) is 71.5 Å². The van der Waals surface area contributed by atoms with Crippen LogP contribution in [0, 0.1) is 6.92 Å². The maximum atomic E-state index is 12.9. The van der Waals surface area contributed by atoms with Gasteiger partial charge in [0, 0.05) is 37.7 Å². The molecule has 3 rings (SSSR count). The lowest BCUT2D eigenvalue weighted by atomic mass is 10.0. The van der Waals surface area contributed by atoms with Crippen LogP contribution in [-0.4, -0.2) is 54.5 Å². The fraction of sp³-hybridized carbons (Fsp3) is 0.450. The summed E-state index contributed by atoms with van der Waals surface area (Å²) in [7, 11) is 1.61. The highest BCUT2D eigenvalue weighted by molar-refractivity contribution is 6.06. The predicted molar refractivity (Wildman–Crippen MR) is 100 cm³/mol. The van der Waals surface area contributed by atoms with E-state index in [9.17, 15) is 9.59 Å². The first-order valence-corrected chi connectivity index (χ1v) is 8.99. The first kappa shape index (κ1) is 18.3. The van der Waals surface area contributed by atoms with Crippen molar-refractivity contribution in [3.63, 3.8) is 0 Å². The van der Waals surface area contributed by atoms with Gasteiger partial charge in [0.1, 0.15) is 0 Å². The van der Waals surface area contributed by atoms with Crippen LogP contribution in [0.25, 0.3) is 10.9 Å². The Morgan fingerprint density at radius 3 is 2.92 bits per heavy atom. The minimum absolute atomic E-state index is 0.0522. The Balaban J connectivity index is 1.81. The third-order valence-electron chi connectivity index (χ3n) is 4.77. The van der Waals surface area contributed by atoms with Crippen LogP contribution in [0.3, 0.4) is 0 Å². The quantitative estimate of drug-likeness (QED) is 0.861. The van der Waals surface area contributed by atoms with Gasteiger partial charge in [-0.2, -0.15) is 0 Å². The molecule has 0 aliphatic carbocycles. The molecule has 26 heavy (non-hydrogen) atoms. The van der Waals surface area contributed by atoms with Crippen molar-refractivity contribution in [2.45, 2.75) is 32.7 Å². The number of pyridine rings is 1. The molecular weight excluding hydrogens is 330 g/mol. The van der Waals surface area contributed by atoms with Gasteiger partial charge in [-0.25, -0.2) is 0 Å². The number of nitrogens with one attached hydrogen (secondary N) is 1. The summed E-state index contributed by atoms with van der Waals surface area (Å²) in [6.45, 7) is 5.55. The Morgan fingerprint density at radius 2 is 2.19 bits per heavy atom. The van der Waals surface area contributed by atoms with Gasteiger partial charge in [0.2, 0.25) is 5.91 Å². The molecule has 1 atom stereocenters. The molecule has 6 heteroatoms. The molecule has 1 aromatic carbocycles. The van der Waals surface area contributed by atoms with Gasteiger partial charge in [-0.15, -0.1) is 0 Å². The van der Waals surface area contributed by atoms with Gasteiger partial charge in [0.05, 0.1) is 23.7 Å². The van der Waals surface area contributed by atoms with E-state index in [0.717, 1.165) is 23.0 Å². The second-order valence-corrected chi connectivity index (χ2v) is 6.72. The molecule has 2 amide bonds. The predicted octanol–water partition coefficient (Wildman–Crippen LogP) is 2.08. The molecule has 138 valence electrons. The summed E-state index contributed by atoms with van der Waals surface area (Å²) in [5.74, 6) is -0.100. The monoisotopic (exact) mass is 355 g/mol. The number of hydrogen-bond donors (Lipinski definition) is 1. The molecule has 2 heterocycles. The Hall–Kier alpha value is -2.47. The summed E-state index contributed by atoms with van der Waals surface area (Å²) < 4.78 is 5.03. The number of aromatic nitrogens is 1. The van der Waals surface area contributed by atoms with Crippen molar-refractivity contribution < 1.29 is 14.3 Å². The van der Waals surface area contributed by atoms with Gasteiger partial charge in [-0.3, -0.25) is 14.6 Å². The number of benzene rings is 1. The lowest BCUT2D eigenvalue weighted by Crippen LogP contribution is -2.38. The largest absolute Gasteiger partial charge is 0.383 e. The van der Waals surface area contributed by atoms with Crippen LogP contribution < -0.4 is 5.32 Å². The first-order valence-electron chi connectivity index (χ1n) is 8.99. The molecule has 1 saturated heterocycles. The summed E-state index contributed by atoms with van der Waals surface area (Å²) in [5.41, 5.74) is 3.40. The fourth-order valence-electron chi connectivity index (χ4n) is 3.36. The van der Waals surface area contributed by atoms with Crippen molar-refractivity contribution in [1.82, 2.24) is 15.2 Å². The summed E-state index contributed by atoms with van der Waals surface area (Å²) in [6.07, 6.45) is 1.23. The number of amides is 2. The van der Waals surface area contributed by atoms with Crippen molar-refractivity contribution in [3.05, 3.63) is 41.1 Å². The SMILES string of the molecule is CCc1ccc2nc(C)cc(C(=O)N[C@@H]3CC(=O)N(CCOC)C3)c2c1. The number of nitrogens with zero attached hydrogens (tertiary/aromatic N) is 2. The average Bonchev–Trinajstić information content (AvgIpc) is 2.97. The molecule has 0 radical (unpaired) electrons. The number of fused-ring (bicyclic) bond motifs is 1. The fourth-order valence-corrected chi connectivity index (χ4v) is 3.36. The molecule has 2 aromatic rings. The smallest absolute Gasteiger partial charge is 0.252 e. The number of rotatable bonds is 6. The molecule has 0 bridgehead atoms. The molecule has 1 aliphatic rings. The minimum Gasteiger partial charge on any atom is -0.383 e. The molecule has 0 saturated carbocycles. The lowest BCUT2D eigenvalue weighted by Gasteiger charge is -2.17. The van der Waals surface area contributed by atoms with Crippen molar-refractivity contribution in [2.75, 3.05) is 26.8 Å². The number of aryl methyl sites for hydroxylation is 2. The number of methoxy groups -OCH3 is 1. The summed E-state index contributed by atoms with van der Waals surface area (Å²) in [4.78, 5) is 31.2. The van der Waals surface area contributed by atoms with E-state index in [-0.39, 0.29) is 17.9 Å². The number of likely N-dealkylation sites (tertiary alicyclic amines) is 1. The van der Waals surface area contributed by atoms with E-state index in [1.165, 1.54) is 5.56 Å². The van der Waals surface area contributed by atoms with E-state index in [1.807, 2.05) is 31.2 Å². The van der Waals surface area contributed by atoms with Crippen molar-refractivity contribution >= 4 is 22.7 Å². The molecule has 0 spiro atoms. The average molecular weight is 355 g/mol. The van der Waals surface area contributed by atoms with Crippen molar-refractivity contribution in [3.8, 4) is 0 Å². The third-order valence-corrected chi connectivity index (χ3v) is 4.77. The van der Waals surface area contributed by atoms with Gasteiger partial charge >= 0.3 is 0 Å². The van der Waals surface area contributed by atoms with Crippen LogP contribution in [-0.2, 0) is 16.0 Å². The third kappa shape index (κ3) is 3.85. The molecule has 1 aliphatic heterocycles. The summed E-state index contributed by atoms with van der Waals surface area (Å²) in [6, 6.07) is 7.67. The van der Waals surface area contributed by atoms with E-state index in [0.29, 0.717) is 31.7 Å². The summed E-state index contributed by atoms with van der Waals surface area (Å²) in [5, 5.41) is 3.87. The van der Waals surface area contributed by atoms with E-state index in [1.54, 1.807) is 12.0 Å². The first-order chi connectivity index (χ1) is 12.5. The maximum Gasteiger partial charge on any atom is 0.252 e. The van der Waals surface area contributed by atoms with Crippen LogP contribution in [0.4, 0.5) is 0 Å². The zero-order valence-electron chi connectivity index (χ0n) is 15.5. The molecule has 1 fully saturated rings. The Labute approximate surface area is 153 Å². The molecule has 0 unspecified atom stereocenters. The van der Waals surface area contributed by atoms with E-state index in [2.05, 4.69) is 17.2 Å². The van der Waals surface area contributed by atoms with Crippen molar-refractivity contribution in [1.29, 1.82) is 0 Å². The number of carbonyl (C=O) groups excluding carboxylic acids is 2. The highest BCUT2D eigenvalue weighted by atomic mass is 16.5. The van der Waals surface area contributed by atoms with Crippen LogP contribution in [0.2, 0.25) is 0 Å². The second-order valence-electron chi connectivity index (χ2n) is 6.72. The molecule has 1 aromatic heterocycles. The maximum absolute atomic E-state index is 12.9. The highest BCUT2D eigenvalue weighted by Gasteiger charge is 2.30. The minimum atomic E-state index is -0.176. The zero-order chi connectivity index (χ0) is 18.7. The van der Waals surface area contributed by atoms with Gasteiger partial charge in [-0.1, -0.05) is 13.0 Å². The Kier molecular flexibility index (Phi) is 5.52. The second kappa shape index (κ2) is 7.83. The van der Waals surface area contributed by atoms with Crippen LogP contribution in [0.15, 0.2) is 24.3 Å². The molecular formula is C20H25N3O3. The van der Waals surface area contributed by atoms with Gasteiger partial charge in [-0.05, 0) is 37.1 Å². The van der Waals surface area contributed by atoms with Gasteiger partial charge in [0.25, 0.3) is 5.91 Å². The van der Waals surface area contributed by atoms with Gasteiger partial charge < -0.3 is 15.0 Å². The van der Waals surface area contributed by atoms with Crippen LogP contribution in [0.5, 0.6) is 0 Å². The molecule has 6 nitrogen and oxygen atoms in total. The Morgan fingerprint density at radius 1 is 1.38 bits per heavy atom.